The zero-order chi connectivity index (χ0) is 17.3. The Kier molecular flexibility index (Phi) is 4.59. The third kappa shape index (κ3) is 3.93. The summed E-state index contributed by atoms with van der Waals surface area (Å²) in [5.74, 6) is 0.328. The summed E-state index contributed by atoms with van der Waals surface area (Å²) in [7, 11) is 0. The Bertz CT molecular complexity index is 730. The van der Waals surface area contributed by atoms with Crippen molar-refractivity contribution < 1.29 is 9.90 Å². The van der Waals surface area contributed by atoms with Crippen molar-refractivity contribution in [1.29, 1.82) is 0 Å². The van der Waals surface area contributed by atoms with Crippen LogP contribution >= 0.6 is 0 Å². The van der Waals surface area contributed by atoms with E-state index in [2.05, 4.69) is 37.1 Å². The van der Waals surface area contributed by atoms with Gasteiger partial charge in [0.25, 0.3) is 0 Å². The van der Waals surface area contributed by atoms with Gasteiger partial charge in [0.1, 0.15) is 0 Å². The van der Waals surface area contributed by atoms with Gasteiger partial charge in [-0.2, -0.15) is 0 Å². The number of hydrogen-bond acceptors (Lipinski definition) is 3. The summed E-state index contributed by atoms with van der Waals surface area (Å²) in [5.41, 5.74) is 1.93. The molecule has 0 spiro atoms. The molecule has 1 saturated carbocycles. The number of para-hydroxylation sites is 1. The number of nitrogens with one attached hydrogen (secondary N) is 1. The highest BCUT2D eigenvalue weighted by Crippen LogP contribution is 2.38. The SMILES string of the molecule is CC(C)(C)CC(=O)N[C@H](c1cnc2ccccc2c1)C1CC(O)C1. The van der Waals surface area contributed by atoms with Crippen LogP contribution in [0.1, 0.15) is 51.6 Å². The molecule has 1 fully saturated rings. The van der Waals surface area contributed by atoms with Gasteiger partial charge in [0, 0.05) is 18.0 Å². The number of rotatable bonds is 4. The lowest BCUT2D eigenvalue weighted by Crippen LogP contribution is -2.42. The predicted molar refractivity (Wildman–Crippen MR) is 95.4 cm³/mol. The minimum absolute atomic E-state index is 0.0462. The molecular formula is C20H26N2O2. The molecule has 4 heteroatoms. The lowest BCUT2D eigenvalue weighted by atomic mass is 9.75. The third-order valence-electron chi connectivity index (χ3n) is 4.60. The highest BCUT2D eigenvalue weighted by atomic mass is 16.3. The Balaban J connectivity index is 1.84. The number of aliphatic hydroxyl groups is 1. The molecular weight excluding hydrogens is 300 g/mol. The first-order valence-corrected chi connectivity index (χ1v) is 8.64. The summed E-state index contributed by atoms with van der Waals surface area (Å²) < 4.78 is 0. The fraction of sp³-hybridized carbons (Fsp3) is 0.500. The standard InChI is InChI=1S/C20H26N2O2/c1-20(2,3)11-18(24)22-19(14-9-16(23)10-14)15-8-13-6-4-5-7-17(13)21-12-15/h4-8,12,14,16,19,23H,9-11H2,1-3H3,(H,22,24)/t14?,16?,19-/m0/s1. The summed E-state index contributed by atoms with van der Waals surface area (Å²) >= 11 is 0. The molecule has 3 rings (SSSR count). The van der Waals surface area contributed by atoms with Crippen molar-refractivity contribution in [3.8, 4) is 0 Å². The van der Waals surface area contributed by atoms with Gasteiger partial charge in [-0.1, -0.05) is 39.0 Å². The van der Waals surface area contributed by atoms with Crippen LogP contribution in [0.25, 0.3) is 10.9 Å². The topological polar surface area (TPSA) is 62.2 Å². The number of benzene rings is 1. The van der Waals surface area contributed by atoms with E-state index in [1.807, 2.05) is 30.5 Å². The zero-order valence-corrected chi connectivity index (χ0v) is 14.6. The molecule has 1 amide bonds. The number of nitrogens with zero attached hydrogens (tertiary/aromatic N) is 1. The molecule has 1 aliphatic carbocycles. The summed E-state index contributed by atoms with van der Waals surface area (Å²) in [6.45, 7) is 6.19. The van der Waals surface area contributed by atoms with Gasteiger partial charge in [0.2, 0.25) is 5.91 Å². The minimum Gasteiger partial charge on any atom is -0.393 e. The van der Waals surface area contributed by atoms with Crippen molar-refractivity contribution in [1.82, 2.24) is 10.3 Å². The molecule has 2 N–H and O–H groups in total. The van der Waals surface area contributed by atoms with Crippen LogP contribution in [0.15, 0.2) is 36.5 Å². The molecule has 1 aromatic heterocycles. The van der Waals surface area contributed by atoms with E-state index in [9.17, 15) is 9.90 Å². The van der Waals surface area contributed by atoms with E-state index in [0.29, 0.717) is 6.42 Å². The van der Waals surface area contributed by atoms with Crippen molar-refractivity contribution in [2.75, 3.05) is 0 Å². The second-order valence-electron chi connectivity index (χ2n) is 8.13. The maximum atomic E-state index is 12.4. The van der Waals surface area contributed by atoms with Crippen molar-refractivity contribution >= 4 is 16.8 Å². The summed E-state index contributed by atoms with van der Waals surface area (Å²) in [6, 6.07) is 10.0. The number of carbonyl (C=O) groups is 1. The molecule has 1 heterocycles. The Morgan fingerprint density at radius 2 is 2.04 bits per heavy atom. The molecule has 1 atom stereocenters. The van der Waals surface area contributed by atoms with Gasteiger partial charge in [-0.25, -0.2) is 0 Å². The second-order valence-corrected chi connectivity index (χ2v) is 8.13. The number of hydrogen-bond donors (Lipinski definition) is 2. The molecule has 2 aromatic rings. The highest BCUT2D eigenvalue weighted by Gasteiger charge is 2.36. The first-order chi connectivity index (χ1) is 11.3. The summed E-state index contributed by atoms with van der Waals surface area (Å²) in [4.78, 5) is 17.0. The van der Waals surface area contributed by atoms with Gasteiger partial charge >= 0.3 is 0 Å². The molecule has 128 valence electrons. The fourth-order valence-corrected chi connectivity index (χ4v) is 3.34. The molecule has 0 unspecified atom stereocenters. The van der Waals surface area contributed by atoms with E-state index in [1.165, 1.54) is 0 Å². The van der Waals surface area contributed by atoms with E-state index >= 15 is 0 Å². The third-order valence-corrected chi connectivity index (χ3v) is 4.60. The monoisotopic (exact) mass is 326 g/mol. The molecule has 24 heavy (non-hydrogen) atoms. The number of aromatic nitrogens is 1. The number of carbonyl (C=O) groups excluding carboxylic acids is 1. The Labute approximate surface area is 143 Å². The predicted octanol–water partition coefficient (Wildman–Crippen LogP) is 3.60. The van der Waals surface area contributed by atoms with Gasteiger partial charge in [0.05, 0.1) is 17.7 Å². The first-order valence-electron chi connectivity index (χ1n) is 8.64. The van der Waals surface area contributed by atoms with Crippen molar-refractivity contribution in [2.24, 2.45) is 11.3 Å². The van der Waals surface area contributed by atoms with Crippen molar-refractivity contribution in [3.05, 3.63) is 42.1 Å². The van der Waals surface area contributed by atoms with Gasteiger partial charge in [-0.05, 0) is 41.9 Å². The van der Waals surface area contributed by atoms with Crippen LogP contribution in [-0.4, -0.2) is 22.1 Å². The Hall–Kier alpha value is -1.94. The first kappa shape index (κ1) is 16.9. The van der Waals surface area contributed by atoms with E-state index < -0.39 is 0 Å². The van der Waals surface area contributed by atoms with Gasteiger partial charge in [-0.3, -0.25) is 9.78 Å². The zero-order valence-electron chi connectivity index (χ0n) is 14.6. The van der Waals surface area contributed by atoms with Crippen LogP contribution in [0.2, 0.25) is 0 Å². The quantitative estimate of drug-likeness (QED) is 0.902. The minimum atomic E-state index is -0.245. The maximum absolute atomic E-state index is 12.4. The van der Waals surface area contributed by atoms with Crippen LogP contribution in [0.4, 0.5) is 0 Å². The summed E-state index contributed by atoms with van der Waals surface area (Å²) in [6.07, 6.45) is 3.56. The van der Waals surface area contributed by atoms with Crippen LogP contribution in [0.3, 0.4) is 0 Å². The number of pyridine rings is 1. The molecule has 1 aromatic carbocycles. The summed E-state index contributed by atoms with van der Waals surface area (Å²) in [5, 5.41) is 13.9. The Morgan fingerprint density at radius 1 is 1.33 bits per heavy atom. The highest BCUT2D eigenvalue weighted by molar-refractivity contribution is 5.80. The van der Waals surface area contributed by atoms with Gasteiger partial charge in [0.15, 0.2) is 0 Å². The van der Waals surface area contributed by atoms with Crippen LogP contribution in [0.5, 0.6) is 0 Å². The normalized spacial score (nSPS) is 22.0. The largest absolute Gasteiger partial charge is 0.393 e. The molecule has 0 radical (unpaired) electrons. The lowest BCUT2D eigenvalue weighted by Gasteiger charge is -2.38. The van der Waals surface area contributed by atoms with E-state index in [-0.39, 0.29) is 29.4 Å². The molecule has 0 aliphatic heterocycles. The average molecular weight is 326 g/mol. The van der Waals surface area contributed by atoms with Crippen LogP contribution in [-0.2, 0) is 4.79 Å². The fourth-order valence-electron chi connectivity index (χ4n) is 3.34. The van der Waals surface area contributed by atoms with Gasteiger partial charge in [-0.15, -0.1) is 0 Å². The van der Waals surface area contributed by atoms with Crippen molar-refractivity contribution in [2.45, 2.75) is 52.2 Å². The van der Waals surface area contributed by atoms with E-state index in [1.54, 1.807) is 0 Å². The average Bonchev–Trinajstić information content (AvgIpc) is 2.47. The van der Waals surface area contributed by atoms with Gasteiger partial charge < -0.3 is 10.4 Å². The molecule has 0 bridgehead atoms. The van der Waals surface area contributed by atoms with Crippen LogP contribution < -0.4 is 5.32 Å². The molecule has 4 nitrogen and oxygen atoms in total. The van der Waals surface area contributed by atoms with Crippen molar-refractivity contribution in [3.63, 3.8) is 0 Å². The van der Waals surface area contributed by atoms with E-state index in [4.69, 9.17) is 0 Å². The molecule has 0 saturated heterocycles. The maximum Gasteiger partial charge on any atom is 0.221 e. The van der Waals surface area contributed by atoms with E-state index in [0.717, 1.165) is 29.3 Å². The number of amides is 1. The molecule has 1 aliphatic rings. The number of fused-ring (bicyclic) bond motifs is 1. The Morgan fingerprint density at radius 3 is 2.71 bits per heavy atom. The number of aliphatic hydroxyl groups excluding tert-OH is 1. The lowest BCUT2D eigenvalue weighted by molar-refractivity contribution is -0.124. The smallest absolute Gasteiger partial charge is 0.221 e. The second kappa shape index (κ2) is 6.52. The van der Waals surface area contributed by atoms with Crippen LogP contribution in [0, 0.1) is 11.3 Å².